The van der Waals surface area contributed by atoms with Crippen LogP contribution in [0.4, 0.5) is 5.82 Å². The zero-order valence-electron chi connectivity index (χ0n) is 10.0. The second-order valence-corrected chi connectivity index (χ2v) is 5.31. The average molecular weight is 301 g/mol. The zero-order chi connectivity index (χ0) is 12.4. The van der Waals surface area contributed by atoms with Gasteiger partial charge in [0.15, 0.2) is 0 Å². The van der Waals surface area contributed by atoms with Gasteiger partial charge in [-0.1, -0.05) is 0 Å². The first-order valence-corrected chi connectivity index (χ1v) is 6.58. The van der Waals surface area contributed by atoms with Crippen LogP contribution in [-0.4, -0.2) is 40.5 Å². The molecule has 2 rings (SSSR count). The third-order valence-electron chi connectivity index (χ3n) is 3.18. The molecule has 1 unspecified atom stereocenters. The molecule has 1 saturated carbocycles. The lowest BCUT2D eigenvalue weighted by atomic mass is 10.3. The molecule has 6 heteroatoms. The zero-order valence-corrected chi connectivity index (χ0v) is 11.6. The van der Waals surface area contributed by atoms with Crippen molar-refractivity contribution in [2.24, 2.45) is 0 Å². The van der Waals surface area contributed by atoms with Crippen molar-refractivity contribution >= 4 is 21.7 Å². The molecule has 1 fully saturated rings. The first-order valence-electron chi connectivity index (χ1n) is 5.78. The first kappa shape index (κ1) is 12.6. The minimum atomic E-state index is -0.161. The summed E-state index contributed by atoms with van der Waals surface area (Å²) in [6, 6.07) is 1.16. The molecule has 94 valence electrons. The van der Waals surface area contributed by atoms with Crippen molar-refractivity contribution in [1.29, 1.82) is 0 Å². The van der Waals surface area contributed by atoms with E-state index in [4.69, 9.17) is 0 Å². The Morgan fingerprint density at radius 2 is 2.41 bits per heavy atom. The summed E-state index contributed by atoms with van der Waals surface area (Å²) in [6.07, 6.45) is 4.01. The van der Waals surface area contributed by atoms with Crippen molar-refractivity contribution in [3.05, 3.63) is 21.2 Å². The van der Waals surface area contributed by atoms with Crippen LogP contribution in [0.25, 0.3) is 0 Å². The normalized spacial score (nSPS) is 17.2. The number of halogens is 1. The molecule has 0 radical (unpaired) electrons. The molecule has 17 heavy (non-hydrogen) atoms. The molecule has 1 aromatic rings. The third-order valence-corrected chi connectivity index (χ3v) is 3.92. The second-order valence-electron chi connectivity index (χ2n) is 4.52. The fourth-order valence-electron chi connectivity index (χ4n) is 1.74. The lowest BCUT2D eigenvalue weighted by Crippen LogP contribution is -2.36. The lowest BCUT2D eigenvalue weighted by molar-refractivity contribution is 0.257. The van der Waals surface area contributed by atoms with Gasteiger partial charge in [0.05, 0.1) is 6.33 Å². The van der Waals surface area contributed by atoms with Crippen molar-refractivity contribution in [3.8, 4) is 0 Å². The van der Waals surface area contributed by atoms with Crippen molar-refractivity contribution in [1.82, 2.24) is 14.9 Å². The fourth-order valence-corrected chi connectivity index (χ4v) is 2.09. The van der Waals surface area contributed by atoms with Crippen LogP contribution < -0.4 is 10.9 Å². The van der Waals surface area contributed by atoms with Gasteiger partial charge in [-0.05, 0) is 42.7 Å². The quantitative estimate of drug-likeness (QED) is 0.863. The summed E-state index contributed by atoms with van der Waals surface area (Å²) in [5.41, 5.74) is -0.161. The Labute approximate surface area is 109 Å². The van der Waals surface area contributed by atoms with Gasteiger partial charge in [0, 0.05) is 18.6 Å². The first-order chi connectivity index (χ1) is 8.09. The van der Waals surface area contributed by atoms with E-state index in [0.717, 1.165) is 12.6 Å². The van der Waals surface area contributed by atoms with Gasteiger partial charge >= 0.3 is 0 Å². The minimum Gasteiger partial charge on any atom is -0.367 e. The SMILES string of the molecule is CC(CNc1nc[nH]c(=O)c1Br)N(C)C1CC1. The summed E-state index contributed by atoms with van der Waals surface area (Å²) < 4.78 is 0.460. The number of aromatic nitrogens is 2. The van der Waals surface area contributed by atoms with Gasteiger partial charge in [-0.15, -0.1) is 0 Å². The Morgan fingerprint density at radius 1 is 1.71 bits per heavy atom. The highest BCUT2D eigenvalue weighted by Crippen LogP contribution is 2.27. The van der Waals surface area contributed by atoms with Crippen LogP contribution in [0, 0.1) is 0 Å². The number of aromatic amines is 1. The Hall–Kier alpha value is -0.880. The highest BCUT2D eigenvalue weighted by Gasteiger charge is 2.28. The smallest absolute Gasteiger partial charge is 0.267 e. The summed E-state index contributed by atoms with van der Waals surface area (Å²) >= 11 is 3.23. The van der Waals surface area contributed by atoms with Crippen LogP contribution in [0.5, 0.6) is 0 Å². The van der Waals surface area contributed by atoms with Crippen LogP contribution in [0.1, 0.15) is 19.8 Å². The molecule has 5 nitrogen and oxygen atoms in total. The van der Waals surface area contributed by atoms with E-state index in [1.165, 1.54) is 19.2 Å². The highest BCUT2D eigenvalue weighted by molar-refractivity contribution is 9.10. The van der Waals surface area contributed by atoms with Gasteiger partial charge < -0.3 is 10.3 Å². The molecule has 0 aromatic carbocycles. The molecule has 0 aliphatic heterocycles. The van der Waals surface area contributed by atoms with E-state index in [1.807, 2.05) is 0 Å². The van der Waals surface area contributed by atoms with E-state index in [0.29, 0.717) is 16.3 Å². The number of anilines is 1. The maximum Gasteiger partial charge on any atom is 0.267 e. The minimum absolute atomic E-state index is 0.161. The summed E-state index contributed by atoms with van der Waals surface area (Å²) in [5.74, 6) is 0.602. The summed E-state index contributed by atoms with van der Waals surface area (Å²) in [5, 5.41) is 3.20. The number of H-pyrrole nitrogens is 1. The molecule has 2 N–H and O–H groups in total. The van der Waals surface area contributed by atoms with Crippen molar-refractivity contribution in [2.75, 3.05) is 18.9 Å². The van der Waals surface area contributed by atoms with E-state index in [-0.39, 0.29) is 5.56 Å². The number of hydrogen-bond donors (Lipinski definition) is 2. The third kappa shape index (κ3) is 3.07. The standard InChI is InChI=1S/C11H17BrN4O/c1-7(16(2)8-3-4-8)5-13-10-9(12)11(17)15-6-14-10/h6-8H,3-5H2,1-2H3,(H2,13,14,15,17). The number of likely N-dealkylation sites (N-methyl/N-ethyl adjacent to an activating group) is 1. The molecule has 0 spiro atoms. The Morgan fingerprint density at radius 3 is 3.06 bits per heavy atom. The van der Waals surface area contributed by atoms with Gasteiger partial charge in [0.1, 0.15) is 10.3 Å². The molecule has 1 atom stereocenters. The predicted octanol–water partition coefficient (Wildman–Crippen LogP) is 1.43. The van der Waals surface area contributed by atoms with Crippen LogP contribution >= 0.6 is 15.9 Å². The maximum absolute atomic E-state index is 11.3. The van der Waals surface area contributed by atoms with Gasteiger partial charge in [0.25, 0.3) is 5.56 Å². The molecule has 1 aromatic heterocycles. The van der Waals surface area contributed by atoms with Gasteiger partial charge in [-0.2, -0.15) is 0 Å². The predicted molar refractivity (Wildman–Crippen MR) is 71.3 cm³/mol. The molecule has 1 heterocycles. The Bertz CT molecular complexity index is 443. The van der Waals surface area contributed by atoms with E-state index >= 15 is 0 Å². The summed E-state index contributed by atoms with van der Waals surface area (Å²) in [4.78, 5) is 20.3. The van der Waals surface area contributed by atoms with E-state index < -0.39 is 0 Å². The van der Waals surface area contributed by atoms with E-state index in [2.05, 4.69) is 50.1 Å². The average Bonchev–Trinajstić information content (AvgIpc) is 3.13. The topological polar surface area (TPSA) is 61.0 Å². The second kappa shape index (κ2) is 5.18. The summed E-state index contributed by atoms with van der Waals surface area (Å²) in [7, 11) is 2.14. The van der Waals surface area contributed by atoms with Gasteiger partial charge in [-0.25, -0.2) is 4.98 Å². The molecule has 0 saturated heterocycles. The van der Waals surface area contributed by atoms with Crippen molar-refractivity contribution in [3.63, 3.8) is 0 Å². The van der Waals surface area contributed by atoms with Gasteiger partial charge in [-0.3, -0.25) is 9.69 Å². The molecule has 1 aliphatic rings. The Kier molecular flexibility index (Phi) is 3.83. The van der Waals surface area contributed by atoms with Crippen molar-refractivity contribution in [2.45, 2.75) is 31.8 Å². The molecular formula is C11H17BrN4O. The van der Waals surface area contributed by atoms with Crippen LogP contribution in [0.2, 0.25) is 0 Å². The lowest BCUT2D eigenvalue weighted by Gasteiger charge is -2.24. The number of rotatable bonds is 5. The highest BCUT2D eigenvalue weighted by atomic mass is 79.9. The largest absolute Gasteiger partial charge is 0.367 e. The number of nitrogens with zero attached hydrogens (tertiary/aromatic N) is 2. The summed E-state index contributed by atoms with van der Waals surface area (Å²) in [6.45, 7) is 2.95. The van der Waals surface area contributed by atoms with Gasteiger partial charge in [0.2, 0.25) is 0 Å². The van der Waals surface area contributed by atoms with Crippen molar-refractivity contribution < 1.29 is 0 Å². The Balaban J connectivity index is 1.92. The number of hydrogen-bond acceptors (Lipinski definition) is 4. The fraction of sp³-hybridized carbons (Fsp3) is 0.636. The van der Waals surface area contributed by atoms with Crippen LogP contribution in [-0.2, 0) is 0 Å². The van der Waals surface area contributed by atoms with Crippen LogP contribution in [0.15, 0.2) is 15.6 Å². The van der Waals surface area contributed by atoms with E-state index in [1.54, 1.807) is 0 Å². The molecule has 0 amide bonds. The molecule has 0 bridgehead atoms. The number of nitrogens with one attached hydrogen (secondary N) is 2. The monoisotopic (exact) mass is 300 g/mol. The van der Waals surface area contributed by atoms with Crippen LogP contribution in [0.3, 0.4) is 0 Å². The molecular weight excluding hydrogens is 284 g/mol. The van der Waals surface area contributed by atoms with E-state index in [9.17, 15) is 4.79 Å². The maximum atomic E-state index is 11.3. The molecule has 1 aliphatic carbocycles.